The van der Waals surface area contributed by atoms with Crippen molar-refractivity contribution in [3.63, 3.8) is 0 Å². The van der Waals surface area contributed by atoms with Gasteiger partial charge < -0.3 is 19.3 Å². The van der Waals surface area contributed by atoms with Crippen LogP contribution in [0.3, 0.4) is 0 Å². The van der Waals surface area contributed by atoms with Gasteiger partial charge >= 0.3 is 11.9 Å². The maximum Gasteiger partial charge on any atom is 0.343 e. The maximum atomic E-state index is 12.4. The molecule has 0 radical (unpaired) electrons. The number of ether oxygens (including phenoxy) is 3. The van der Waals surface area contributed by atoms with Gasteiger partial charge in [-0.25, -0.2) is 9.59 Å². The molecule has 6 heteroatoms. The van der Waals surface area contributed by atoms with Crippen molar-refractivity contribution in [2.45, 2.75) is 71.6 Å². The molecule has 0 fully saturated rings. The van der Waals surface area contributed by atoms with Gasteiger partial charge in [0.15, 0.2) is 0 Å². The third-order valence-electron chi connectivity index (χ3n) is 5.91. The van der Waals surface area contributed by atoms with Gasteiger partial charge in [-0.3, -0.25) is 0 Å². The van der Waals surface area contributed by atoms with E-state index in [9.17, 15) is 9.59 Å². The molecular formula is C29H40O6. The van der Waals surface area contributed by atoms with Crippen molar-refractivity contribution in [2.75, 3.05) is 19.8 Å². The Bertz CT molecular complexity index is 860. The summed E-state index contributed by atoms with van der Waals surface area (Å²) in [6.07, 6.45) is 9.97. The summed E-state index contributed by atoms with van der Waals surface area (Å²) in [5.41, 5.74) is 0.850. The van der Waals surface area contributed by atoms with E-state index in [2.05, 4.69) is 6.92 Å². The Kier molecular flexibility index (Phi) is 13.6. The first-order valence-electron chi connectivity index (χ1n) is 12.9. The van der Waals surface area contributed by atoms with Crippen LogP contribution in [0.4, 0.5) is 0 Å². The summed E-state index contributed by atoms with van der Waals surface area (Å²) in [7, 11) is 0. The van der Waals surface area contributed by atoms with E-state index in [-0.39, 0.29) is 5.97 Å². The summed E-state index contributed by atoms with van der Waals surface area (Å²) in [4.78, 5) is 24.5. The third kappa shape index (κ3) is 11.4. The number of benzene rings is 2. The smallest absolute Gasteiger partial charge is 0.343 e. The van der Waals surface area contributed by atoms with Gasteiger partial charge in [-0.05, 0) is 67.3 Å². The number of aliphatic hydroxyl groups excluding tert-OH is 1. The number of hydrogen-bond donors (Lipinski definition) is 1. The molecule has 35 heavy (non-hydrogen) atoms. The zero-order chi connectivity index (χ0) is 25.3. The Morgan fingerprint density at radius 2 is 1.26 bits per heavy atom. The molecule has 6 nitrogen and oxygen atoms in total. The van der Waals surface area contributed by atoms with Crippen molar-refractivity contribution < 1.29 is 28.9 Å². The zero-order valence-electron chi connectivity index (χ0n) is 21.2. The minimum absolute atomic E-state index is 0.297. The van der Waals surface area contributed by atoms with E-state index in [0.717, 1.165) is 37.9 Å². The zero-order valence-corrected chi connectivity index (χ0v) is 21.2. The van der Waals surface area contributed by atoms with Gasteiger partial charge in [0.05, 0.1) is 24.3 Å². The average molecular weight is 485 g/mol. The van der Waals surface area contributed by atoms with E-state index in [1.807, 2.05) is 6.92 Å². The second-order valence-electron chi connectivity index (χ2n) is 8.95. The van der Waals surface area contributed by atoms with Gasteiger partial charge in [0, 0.05) is 6.61 Å². The highest BCUT2D eigenvalue weighted by Gasteiger charge is 2.12. The van der Waals surface area contributed by atoms with E-state index in [1.54, 1.807) is 48.5 Å². The first kappa shape index (κ1) is 28.4. The Labute approximate surface area is 209 Å². The third-order valence-corrected chi connectivity index (χ3v) is 5.91. The van der Waals surface area contributed by atoms with E-state index in [1.165, 1.54) is 25.7 Å². The fourth-order valence-electron chi connectivity index (χ4n) is 3.40. The lowest BCUT2D eigenvalue weighted by molar-refractivity contribution is 0.0447. The van der Waals surface area contributed by atoms with Crippen LogP contribution in [0, 0.1) is 5.92 Å². The van der Waals surface area contributed by atoms with Gasteiger partial charge in [-0.15, -0.1) is 0 Å². The Balaban J connectivity index is 1.67. The molecule has 0 aromatic heterocycles. The van der Waals surface area contributed by atoms with Crippen LogP contribution in [0.25, 0.3) is 0 Å². The van der Waals surface area contributed by atoms with Gasteiger partial charge in [0.1, 0.15) is 11.5 Å². The van der Waals surface area contributed by atoms with E-state index in [0.29, 0.717) is 42.6 Å². The van der Waals surface area contributed by atoms with Crippen LogP contribution in [0.1, 0.15) is 92.4 Å². The normalized spacial score (nSPS) is 11.6. The van der Waals surface area contributed by atoms with Crippen LogP contribution in [0.5, 0.6) is 11.5 Å². The van der Waals surface area contributed by atoms with Crippen LogP contribution in [0.2, 0.25) is 0 Å². The van der Waals surface area contributed by atoms with E-state index < -0.39 is 5.97 Å². The van der Waals surface area contributed by atoms with Crippen molar-refractivity contribution in [1.82, 2.24) is 0 Å². The second-order valence-corrected chi connectivity index (χ2v) is 8.95. The minimum Gasteiger partial charge on any atom is -0.494 e. The highest BCUT2D eigenvalue weighted by Crippen LogP contribution is 2.18. The lowest BCUT2D eigenvalue weighted by atomic mass is 10.1. The minimum atomic E-state index is -0.470. The monoisotopic (exact) mass is 484 g/mol. The van der Waals surface area contributed by atoms with Crippen molar-refractivity contribution in [3.8, 4) is 11.5 Å². The van der Waals surface area contributed by atoms with Gasteiger partial charge in [-0.2, -0.15) is 0 Å². The molecule has 2 aromatic rings. The lowest BCUT2D eigenvalue weighted by Gasteiger charge is -2.10. The molecule has 192 valence electrons. The molecule has 0 amide bonds. The van der Waals surface area contributed by atoms with Crippen LogP contribution < -0.4 is 9.47 Å². The van der Waals surface area contributed by atoms with Crippen LogP contribution in [-0.4, -0.2) is 36.9 Å². The molecule has 0 saturated heterocycles. The molecule has 0 bridgehead atoms. The Morgan fingerprint density at radius 1 is 0.743 bits per heavy atom. The molecule has 1 atom stereocenters. The van der Waals surface area contributed by atoms with Gasteiger partial charge in [0.25, 0.3) is 0 Å². The summed E-state index contributed by atoms with van der Waals surface area (Å²) >= 11 is 0. The average Bonchev–Trinajstić information content (AvgIpc) is 2.88. The first-order valence-corrected chi connectivity index (χ1v) is 12.9. The van der Waals surface area contributed by atoms with E-state index >= 15 is 0 Å². The quantitative estimate of drug-likeness (QED) is 0.155. The van der Waals surface area contributed by atoms with Gasteiger partial charge in [0.2, 0.25) is 0 Å². The molecule has 2 rings (SSSR count). The largest absolute Gasteiger partial charge is 0.494 e. The van der Waals surface area contributed by atoms with E-state index in [4.69, 9.17) is 19.3 Å². The number of aliphatic hydroxyl groups is 1. The summed E-state index contributed by atoms with van der Waals surface area (Å²) in [6.45, 7) is 5.42. The number of unbranched alkanes of at least 4 members (excludes halogenated alkanes) is 7. The van der Waals surface area contributed by atoms with Crippen LogP contribution in [-0.2, 0) is 4.74 Å². The summed E-state index contributed by atoms with van der Waals surface area (Å²) in [6, 6.07) is 13.3. The second kappa shape index (κ2) is 16.7. The molecule has 0 saturated carbocycles. The lowest BCUT2D eigenvalue weighted by Crippen LogP contribution is -2.12. The van der Waals surface area contributed by atoms with Crippen LogP contribution >= 0.6 is 0 Å². The molecule has 2 aromatic carbocycles. The van der Waals surface area contributed by atoms with Crippen molar-refractivity contribution in [2.24, 2.45) is 5.92 Å². The molecule has 1 unspecified atom stereocenters. The summed E-state index contributed by atoms with van der Waals surface area (Å²) in [5, 5.41) is 8.77. The van der Waals surface area contributed by atoms with Gasteiger partial charge in [-0.1, -0.05) is 58.8 Å². The number of carbonyl (C=O) groups is 2. The number of hydrogen-bond acceptors (Lipinski definition) is 6. The predicted octanol–water partition coefficient (Wildman–Crippen LogP) is 6.60. The van der Waals surface area contributed by atoms with Crippen molar-refractivity contribution in [1.29, 1.82) is 0 Å². The fourth-order valence-corrected chi connectivity index (χ4v) is 3.40. The highest BCUT2D eigenvalue weighted by molar-refractivity contribution is 5.92. The molecule has 0 spiro atoms. The number of esters is 2. The Morgan fingerprint density at radius 3 is 1.83 bits per heavy atom. The standard InChI is InChI=1S/C29H40O6/c1-3-23(2)22-34-28(31)24-14-18-27(19-15-24)35-29(32)25-12-16-26(17-13-25)33-21-11-9-7-5-4-6-8-10-20-30/h12-19,23,30H,3-11,20-22H2,1-2H3. The van der Waals surface area contributed by atoms with Crippen LogP contribution in [0.15, 0.2) is 48.5 Å². The predicted molar refractivity (Wildman–Crippen MR) is 137 cm³/mol. The first-order chi connectivity index (χ1) is 17.0. The molecule has 0 aliphatic carbocycles. The molecule has 0 aliphatic rings. The van der Waals surface area contributed by atoms with Crippen molar-refractivity contribution >= 4 is 11.9 Å². The molecule has 0 heterocycles. The number of rotatable bonds is 17. The molecule has 0 aliphatic heterocycles. The topological polar surface area (TPSA) is 82.1 Å². The van der Waals surface area contributed by atoms with Crippen molar-refractivity contribution in [3.05, 3.63) is 59.7 Å². The summed E-state index contributed by atoms with van der Waals surface area (Å²) < 4.78 is 16.5. The highest BCUT2D eigenvalue weighted by atomic mass is 16.5. The molecule has 1 N–H and O–H groups in total. The summed E-state index contributed by atoms with van der Waals surface area (Å²) in [5.74, 6) is 0.558. The SMILES string of the molecule is CCC(C)COC(=O)c1ccc(OC(=O)c2ccc(OCCCCCCCCCCO)cc2)cc1. The maximum absolute atomic E-state index is 12.4. The number of carbonyl (C=O) groups excluding carboxylic acids is 2. The Hall–Kier alpha value is -2.86. The fraction of sp³-hybridized carbons (Fsp3) is 0.517. The molecular weight excluding hydrogens is 444 g/mol.